The third-order valence-electron chi connectivity index (χ3n) is 2.57. The van der Waals surface area contributed by atoms with Crippen molar-refractivity contribution >= 4 is 22.4 Å². The van der Waals surface area contributed by atoms with Crippen molar-refractivity contribution in [1.82, 2.24) is 5.32 Å². The summed E-state index contributed by atoms with van der Waals surface area (Å²) in [7, 11) is -0.729. The van der Waals surface area contributed by atoms with Crippen molar-refractivity contribution in [1.29, 1.82) is 0 Å². The van der Waals surface area contributed by atoms with Crippen LogP contribution in [0.3, 0.4) is 0 Å². The highest BCUT2D eigenvalue weighted by Gasteiger charge is 2.05. The molecule has 2 atom stereocenters. The molecule has 90 valence electrons. The van der Waals surface area contributed by atoms with Gasteiger partial charge in [-0.15, -0.1) is 0 Å². The van der Waals surface area contributed by atoms with Gasteiger partial charge in [-0.1, -0.05) is 36.7 Å². The standard InChI is InChI=1S/C12H18ClNOS/c1-10(16(2)15)7-8-14-9-11-5-3-4-6-12(11)13/h3-6,10,14H,7-9H2,1-2H3. The highest BCUT2D eigenvalue weighted by molar-refractivity contribution is 7.84. The first-order chi connectivity index (χ1) is 7.61. The number of hydrogen-bond donors (Lipinski definition) is 1. The zero-order valence-corrected chi connectivity index (χ0v) is 11.3. The summed E-state index contributed by atoms with van der Waals surface area (Å²) in [6, 6.07) is 7.81. The molecular formula is C12H18ClNOS. The summed E-state index contributed by atoms with van der Waals surface area (Å²) in [5.74, 6) is 0. The van der Waals surface area contributed by atoms with Gasteiger partial charge in [-0.2, -0.15) is 0 Å². The van der Waals surface area contributed by atoms with Crippen molar-refractivity contribution in [3.05, 3.63) is 34.9 Å². The van der Waals surface area contributed by atoms with E-state index < -0.39 is 10.8 Å². The normalized spacial score (nSPS) is 14.7. The zero-order chi connectivity index (χ0) is 12.0. The van der Waals surface area contributed by atoms with Crippen LogP contribution >= 0.6 is 11.6 Å². The van der Waals surface area contributed by atoms with Gasteiger partial charge in [0.2, 0.25) is 0 Å². The van der Waals surface area contributed by atoms with E-state index in [1.807, 2.05) is 31.2 Å². The van der Waals surface area contributed by atoms with Gasteiger partial charge in [0.1, 0.15) is 0 Å². The molecule has 0 aliphatic rings. The fourth-order valence-electron chi connectivity index (χ4n) is 1.34. The molecule has 0 amide bonds. The lowest BCUT2D eigenvalue weighted by molar-refractivity contribution is 0.629. The third kappa shape index (κ3) is 4.64. The van der Waals surface area contributed by atoms with Gasteiger partial charge in [0.25, 0.3) is 0 Å². The van der Waals surface area contributed by atoms with Crippen LogP contribution in [0.2, 0.25) is 5.02 Å². The average Bonchev–Trinajstić information content (AvgIpc) is 2.26. The van der Waals surface area contributed by atoms with Gasteiger partial charge < -0.3 is 5.32 Å². The predicted octanol–water partition coefficient (Wildman–Crippen LogP) is 2.59. The second-order valence-electron chi connectivity index (χ2n) is 3.87. The summed E-state index contributed by atoms with van der Waals surface area (Å²) in [6.07, 6.45) is 2.67. The van der Waals surface area contributed by atoms with Crippen LogP contribution in [0, 0.1) is 0 Å². The molecule has 4 heteroatoms. The van der Waals surface area contributed by atoms with Gasteiger partial charge in [-0.25, -0.2) is 0 Å². The quantitative estimate of drug-likeness (QED) is 0.796. The van der Waals surface area contributed by atoms with Crippen LogP contribution in [0.15, 0.2) is 24.3 Å². The van der Waals surface area contributed by atoms with E-state index in [1.54, 1.807) is 6.26 Å². The number of rotatable bonds is 6. The van der Waals surface area contributed by atoms with Gasteiger partial charge >= 0.3 is 0 Å². The van der Waals surface area contributed by atoms with Crippen molar-refractivity contribution in [2.45, 2.75) is 25.1 Å². The van der Waals surface area contributed by atoms with Crippen LogP contribution in [0.5, 0.6) is 0 Å². The number of hydrogen-bond acceptors (Lipinski definition) is 2. The minimum absolute atomic E-state index is 0.249. The molecule has 2 unspecified atom stereocenters. The maximum atomic E-state index is 11.1. The van der Waals surface area contributed by atoms with Crippen LogP contribution in [0.25, 0.3) is 0 Å². The van der Waals surface area contributed by atoms with E-state index in [1.165, 1.54) is 0 Å². The molecule has 0 spiro atoms. The first-order valence-corrected chi connectivity index (χ1v) is 7.37. The van der Waals surface area contributed by atoms with Crippen LogP contribution in [-0.2, 0) is 17.3 Å². The monoisotopic (exact) mass is 259 g/mol. The summed E-state index contributed by atoms with van der Waals surface area (Å²) in [6.45, 7) is 3.64. The van der Waals surface area contributed by atoms with Crippen molar-refractivity contribution < 1.29 is 4.21 Å². The molecule has 1 aromatic rings. The highest BCUT2D eigenvalue weighted by atomic mass is 35.5. The van der Waals surface area contributed by atoms with E-state index in [0.29, 0.717) is 0 Å². The van der Waals surface area contributed by atoms with E-state index in [4.69, 9.17) is 11.6 Å². The number of benzene rings is 1. The minimum atomic E-state index is -0.729. The van der Waals surface area contributed by atoms with Gasteiger partial charge in [0.05, 0.1) is 0 Å². The maximum absolute atomic E-state index is 11.1. The van der Waals surface area contributed by atoms with E-state index in [-0.39, 0.29) is 5.25 Å². The summed E-state index contributed by atoms with van der Waals surface area (Å²) >= 11 is 6.03. The van der Waals surface area contributed by atoms with Crippen LogP contribution in [0.1, 0.15) is 18.9 Å². The molecule has 0 aliphatic carbocycles. The largest absolute Gasteiger partial charge is 0.313 e. The second kappa shape index (κ2) is 7.05. The van der Waals surface area contributed by atoms with E-state index in [0.717, 1.165) is 30.1 Å². The van der Waals surface area contributed by atoms with Crippen LogP contribution in [0.4, 0.5) is 0 Å². The number of halogens is 1. The first-order valence-electron chi connectivity index (χ1n) is 5.37. The van der Waals surface area contributed by atoms with Gasteiger partial charge in [-0.05, 0) is 24.6 Å². The van der Waals surface area contributed by atoms with Crippen molar-refractivity contribution in [3.63, 3.8) is 0 Å². The highest BCUT2D eigenvalue weighted by Crippen LogP contribution is 2.14. The molecule has 0 saturated carbocycles. The molecule has 0 fully saturated rings. The molecule has 0 aromatic heterocycles. The lowest BCUT2D eigenvalue weighted by atomic mass is 10.2. The SMILES string of the molecule is CC(CCNCc1ccccc1Cl)S(C)=O. The zero-order valence-electron chi connectivity index (χ0n) is 9.70. The fourth-order valence-corrected chi connectivity index (χ4v) is 1.99. The molecule has 16 heavy (non-hydrogen) atoms. The van der Waals surface area contributed by atoms with Gasteiger partial charge in [-0.3, -0.25) is 4.21 Å². The van der Waals surface area contributed by atoms with Gasteiger partial charge in [0.15, 0.2) is 0 Å². The van der Waals surface area contributed by atoms with E-state index >= 15 is 0 Å². The lowest BCUT2D eigenvalue weighted by Crippen LogP contribution is -2.21. The van der Waals surface area contributed by atoms with Crippen molar-refractivity contribution in [2.75, 3.05) is 12.8 Å². The molecule has 0 aliphatic heterocycles. The second-order valence-corrected chi connectivity index (χ2v) is 6.08. The summed E-state index contributed by atoms with van der Waals surface area (Å²) in [5.41, 5.74) is 1.11. The number of nitrogens with one attached hydrogen (secondary N) is 1. The Hall–Kier alpha value is -0.380. The maximum Gasteiger partial charge on any atom is 0.0450 e. The van der Waals surface area contributed by atoms with Gasteiger partial charge in [0, 0.05) is 33.9 Å². The Labute approximate surface area is 105 Å². The Morgan fingerprint density at radius 1 is 1.44 bits per heavy atom. The Morgan fingerprint density at radius 3 is 2.75 bits per heavy atom. The molecule has 0 radical (unpaired) electrons. The molecular weight excluding hydrogens is 242 g/mol. The minimum Gasteiger partial charge on any atom is -0.313 e. The van der Waals surface area contributed by atoms with Crippen LogP contribution < -0.4 is 5.32 Å². The van der Waals surface area contributed by atoms with Crippen molar-refractivity contribution in [2.24, 2.45) is 0 Å². The summed E-state index contributed by atoms with van der Waals surface area (Å²) < 4.78 is 11.1. The topological polar surface area (TPSA) is 29.1 Å². The molecule has 0 heterocycles. The Morgan fingerprint density at radius 2 is 2.12 bits per heavy atom. The molecule has 0 saturated heterocycles. The van der Waals surface area contributed by atoms with Crippen LogP contribution in [-0.4, -0.2) is 22.3 Å². The molecule has 1 rings (SSSR count). The Bertz CT molecular complexity index is 357. The molecule has 0 bridgehead atoms. The van der Waals surface area contributed by atoms with Crippen molar-refractivity contribution in [3.8, 4) is 0 Å². The molecule has 1 aromatic carbocycles. The summed E-state index contributed by atoms with van der Waals surface area (Å²) in [4.78, 5) is 0. The predicted molar refractivity (Wildman–Crippen MR) is 71.3 cm³/mol. The van der Waals surface area contributed by atoms with E-state index in [2.05, 4.69) is 5.32 Å². The first kappa shape index (κ1) is 13.7. The lowest BCUT2D eigenvalue weighted by Gasteiger charge is -2.09. The molecule has 1 N–H and O–H groups in total. The third-order valence-corrected chi connectivity index (χ3v) is 4.31. The van der Waals surface area contributed by atoms with E-state index in [9.17, 15) is 4.21 Å². The average molecular weight is 260 g/mol. The Balaban J connectivity index is 2.26. The summed E-state index contributed by atoms with van der Waals surface area (Å²) in [5, 5.41) is 4.35. The molecule has 2 nitrogen and oxygen atoms in total. The smallest absolute Gasteiger partial charge is 0.0450 e. The fraction of sp³-hybridized carbons (Fsp3) is 0.500. The Kier molecular flexibility index (Phi) is 6.03.